The molecule has 0 amide bonds. The van der Waals surface area contributed by atoms with E-state index in [1.54, 1.807) is 0 Å². The van der Waals surface area contributed by atoms with Gasteiger partial charge in [0.05, 0.1) is 6.10 Å². The molecule has 0 aliphatic heterocycles. The highest BCUT2D eigenvalue weighted by molar-refractivity contribution is 4.76. The molecule has 1 nitrogen and oxygen atoms in total. The average molecular weight is 172 g/mol. The Morgan fingerprint density at radius 2 is 1.83 bits per heavy atom. The Balaban J connectivity index is 0.000000561. The molecule has 1 rings (SSSR count). The lowest BCUT2D eigenvalue weighted by Gasteiger charge is -2.15. The second-order valence-electron chi connectivity index (χ2n) is 3.89. The standard InChI is InChI=1S/C9H18O.C2H6/c1-7(2)6-8-4-3-5-9(8)10;1-2/h7-10H,3-6H2,1-2H3;1-2H3. The Morgan fingerprint density at radius 3 is 2.17 bits per heavy atom. The molecule has 0 saturated heterocycles. The lowest BCUT2D eigenvalue weighted by Crippen LogP contribution is -2.14. The molecule has 2 unspecified atom stereocenters. The van der Waals surface area contributed by atoms with Gasteiger partial charge in [0.15, 0.2) is 0 Å². The van der Waals surface area contributed by atoms with E-state index in [1.807, 2.05) is 13.8 Å². The highest BCUT2D eigenvalue weighted by Crippen LogP contribution is 2.30. The second-order valence-corrected chi connectivity index (χ2v) is 3.89. The van der Waals surface area contributed by atoms with Crippen molar-refractivity contribution in [3.8, 4) is 0 Å². The zero-order valence-electron chi connectivity index (χ0n) is 9.01. The van der Waals surface area contributed by atoms with Crippen molar-refractivity contribution in [2.75, 3.05) is 0 Å². The van der Waals surface area contributed by atoms with Crippen LogP contribution in [0.5, 0.6) is 0 Å². The molecule has 12 heavy (non-hydrogen) atoms. The third-order valence-electron chi connectivity index (χ3n) is 2.39. The summed E-state index contributed by atoms with van der Waals surface area (Å²) in [4.78, 5) is 0. The molecule has 1 heteroatoms. The Morgan fingerprint density at radius 1 is 1.25 bits per heavy atom. The van der Waals surface area contributed by atoms with Crippen LogP contribution < -0.4 is 0 Å². The van der Waals surface area contributed by atoms with Gasteiger partial charge in [-0.15, -0.1) is 0 Å². The quantitative estimate of drug-likeness (QED) is 0.678. The molecule has 0 aromatic carbocycles. The van der Waals surface area contributed by atoms with E-state index < -0.39 is 0 Å². The highest BCUT2D eigenvalue weighted by atomic mass is 16.3. The average Bonchev–Trinajstić information content (AvgIpc) is 2.40. The van der Waals surface area contributed by atoms with Gasteiger partial charge in [0.25, 0.3) is 0 Å². The molecule has 1 aliphatic rings. The first-order valence-corrected chi connectivity index (χ1v) is 5.38. The molecule has 74 valence electrons. The van der Waals surface area contributed by atoms with Crippen LogP contribution in [0.25, 0.3) is 0 Å². The van der Waals surface area contributed by atoms with Crippen molar-refractivity contribution in [1.29, 1.82) is 0 Å². The predicted molar refractivity (Wildman–Crippen MR) is 54.2 cm³/mol. The first-order chi connectivity index (χ1) is 5.70. The van der Waals surface area contributed by atoms with Gasteiger partial charge in [-0.3, -0.25) is 0 Å². The van der Waals surface area contributed by atoms with Crippen molar-refractivity contribution >= 4 is 0 Å². The third-order valence-corrected chi connectivity index (χ3v) is 2.39. The number of hydrogen-bond acceptors (Lipinski definition) is 1. The Bertz CT molecular complexity index is 99.2. The van der Waals surface area contributed by atoms with Gasteiger partial charge in [0.1, 0.15) is 0 Å². The zero-order valence-corrected chi connectivity index (χ0v) is 9.01. The van der Waals surface area contributed by atoms with Crippen LogP contribution in [-0.2, 0) is 0 Å². The maximum Gasteiger partial charge on any atom is 0.0568 e. The molecule has 1 aliphatic carbocycles. The van der Waals surface area contributed by atoms with Gasteiger partial charge in [0, 0.05) is 0 Å². The first-order valence-electron chi connectivity index (χ1n) is 5.38. The molecule has 1 saturated carbocycles. The fourth-order valence-electron chi connectivity index (χ4n) is 1.90. The van der Waals surface area contributed by atoms with Crippen LogP contribution in [0.4, 0.5) is 0 Å². The van der Waals surface area contributed by atoms with Crippen LogP contribution in [0.2, 0.25) is 0 Å². The normalized spacial score (nSPS) is 28.5. The lowest BCUT2D eigenvalue weighted by atomic mass is 9.94. The second kappa shape index (κ2) is 6.47. The fourth-order valence-corrected chi connectivity index (χ4v) is 1.90. The first kappa shape index (κ1) is 12.0. The van der Waals surface area contributed by atoms with E-state index in [-0.39, 0.29) is 6.10 Å². The molecule has 0 bridgehead atoms. The largest absolute Gasteiger partial charge is 0.393 e. The summed E-state index contributed by atoms with van der Waals surface area (Å²) in [5, 5.41) is 9.44. The summed E-state index contributed by atoms with van der Waals surface area (Å²) in [6.45, 7) is 8.45. The van der Waals surface area contributed by atoms with Gasteiger partial charge in [-0.2, -0.15) is 0 Å². The van der Waals surface area contributed by atoms with Gasteiger partial charge in [-0.1, -0.05) is 34.1 Å². The molecule has 0 spiro atoms. The van der Waals surface area contributed by atoms with Gasteiger partial charge in [-0.05, 0) is 31.1 Å². The topological polar surface area (TPSA) is 20.2 Å². The van der Waals surface area contributed by atoms with Crippen LogP contribution >= 0.6 is 0 Å². The maximum atomic E-state index is 9.44. The minimum Gasteiger partial charge on any atom is -0.393 e. The molecule has 0 aromatic heterocycles. The van der Waals surface area contributed by atoms with Crippen LogP contribution in [0, 0.1) is 11.8 Å². The smallest absolute Gasteiger partial charge is 0.0568 e. The summed E-state index contributed by atoms with van der Waals surface area (Å²) in [6.07, 6.45) is 4.75. The van der Waals surface area contributed by atoms with E-state index in [0.717, 1.165) is 12.3 Å². The van der Waals surface area contributed by atoms with Crippen LogP contribution in [0.15, 0.2) is 0 Å². The summed E-state index contributed by atoms with van der Waals surface area (Å²) in [5.41, 5.74) is 0. The molecule has 2 atom stereocenters. The number of aliphatic hydroxyl groups excluding tert-OH is 1. The maximum absolute atomic E-state index is 9.44. The number of rotatable bonds is 2. The van der Waals surface area contributed by atoms with Crippen LogP contribution in [0.1, 0.15) is 53.4 Å². The number of hydrogen-bond donors (Lipinski definition) is 1. The molecule has 1 fully saturated rings. The minimum absolute atomic E-state index is 0.0161. The van der Waals surface area contributed by atoms with Crippen molar-refractivity contribution in [3.63, 3.8) is 0 Å². The summed E-state index contributed by atoms with van der Waals surface area (Å²) in [6, 6.07) is 0. The van der Waals surface area contributed by atoms with E-state index in [1.165, 1.54) is 19.3 Å². The van der Waals surface area contributed by atoms with Crippen molar-refractivity contribution in [3.05, 3.63) is 0 Å². The van der Waals surface area contributed by atoms with Crippen molar-refractivity contribution < 1.29 is 5.11 Å². The van der Waals surface area contributed by atoms with Gasteiger partial charge in [0.2, 0.25) is 0 Å². The summed E-state index contributed by atoms with van der Waals surface area (Å²) in [5.74, 6) is 1.36. The Labute approximate surface area is 77.2 Å². The van der Waals surface area contributed by atoms with Gasteiger partial charge < -0.3 is 5.11 Å². The number of aliphatic hydroxyl groups is 1. The van der Waals surface area contributed by atoms with Crippen LogP contribution in [-0.4, -0.2) is 11.2 Å². The SMILES string of the molecule is CC.CC(C)CC1CCCC1O. The molecule has 0 aromatic rings. The summed E-state index contributed by atoms with van der Waals surface area (Å²) >= 11 is 0. The van der Waals surface area contributed by atoms with E-state index in [0.29, 0.717) is 5.92 Å². The fraction of sp³-hybridized carbons (Fsp3) is 1.00. The predicted octanol–water partition coefficient (Wildman–Crippen LogP) is 3.22. The van der Waals surface area contributed by atoms with Crippen LogP contribution in [0.3, 0.4) is 0 Å². The van der Waals surface area contributed by atoms with Crippen molar-refractivity contribution in [2.24, 2.45) is 11.8 Å². The zero-order chi connectivity index (χ0) is 9.56. The van der Waals surface area contributed by atoms with Crippen molar-refractivity contribution in [2.45, 2.75) is 59.5 Å². The highest BCUT2D eigenvalue weighted by Gasteiger charge is 2.25. The van der Waals surface area contributed by atoms with E-state index in [4.69, 9.17) is 0 Å². The Kier molecular flexibility index (Phi) is 6.45. The van der Waals surface area contributed by atoms with Crippen molar-refractivity contribution in [1.82, 2.24) is 0 Å². The molecule has 0 radical (unpaired) electrons. The van der Waals surface area contributed by atoms with E-state index in [2.05, 4.69) is 13.8 Å². The van der Waals surface area contributed by atoms with E-state index in [9.17, 15) is 5.11 Å². The molecule has 0 heterocycles. The minimum atomic E-state index is 0.0161. The van der Waals surface area contributed by atoms with E-state index >= 15 is 0 Å². The monoisotopic (exact) mass is 172 g/mol. The summed E-state index contributed by atoms with van der Waals surface area (Å²) in [7, 11) is 0. The molecular formula is C11H24O. The van der Waals surface area contributed by atoms with Gasteiger partial charge in [-0.25, -0.2) is 0 Å². The Hall–Kier alpha value is -0.0400. The van der Waals surface area contributed by atoms with Gasteiger partial charge >= 0.3 is 0 Å². The lowest BCUT2D eigenvalue weighted by molar-refractivity contribution is 0.120. The third kappa shape index (κ3) is 4.10. The molecule has 1 N–H and O–H groups in total. The molecular weight excluding hydrogens is 148 g/mol. The summed E-state index contributed by atoms with van der Waals surface area (Å²) < 4.78 is 0.